The Labute approximate surface area is 63.7 Å². The van der Waals surface area contributed by atoms with Crippen molar-refractivity contribution < 1.29 is 9.47 Å². The predicted octanol–water partition coefficient (Wildman–Crippen LogP) is 0.159. The molecule has 1 aliphatic rings. The van der Waals surface area contributed by atoms with Crippen LogP contribution in [-0.4, -0.2) is 28.4 Å². The molecule has 1 saturated heterocycles. The molecule has 1 aromatic rings. The number of nitrogens with one attached hydrogen (secondary N) is 1. The molecule has 5 heteroatoms. The SMILES string of the molecule is Cc1nc(C2OCCO2)n[nH]1. The van der Waals surface area contributed by atoms with E-state index in [1.54, 1.807) is 0 Å². The number of aromatic nitrogens is 3. The Kier molecular flexibility index (Phi) is 1.59. The van der Waals surface area contributed by atoms with Crippen molar-refractivity contribution in [3.63, 3.8) is 0 Å². The monoisotopic (exact) mass is 155 g/mol. The maximum absolute atomic E-state index is 5.19. The number of hydrogen-bond acceptors (Lipinski definition) is 4. The minimum absolute atomic E-state index is 0.361. The summed E-state index contributed by atoms with van der Waals surface area (Å²) < 4.78 is 10.4. The molecular weight excluding hydrogens is 146 g/mol. The molecule has 0 unspecified atom stereocenters. The molecular formula is C6H9N3O2. The van der Waals surface area contributed by atoms with Gasteiger partial charge >= 0.3 is 0 Å². The number of aryl methyl sites for hydroxylation is 1. The van der Waals surface area contributed by atoms with Crippen LogP contribution in [0.2, 0.25) is 0 Å². The minimum atomic E-state index is -0.361. The molecule has 0 bridgehead atoms. The van der Waals surface area contributed by atoms with E-state index in [-0.39, 0.29) is 6.29 Å². The summed E-state index contributed by atoms with van der Waals surface area (Å²) in [6, 6.07) is 0. The summed E-state index contributed by atoms with van der Waals surface area (Å²) in [7, 11) is 0. The number of aromatic amines is 1. The van der Waals surface area contributed by atoms with Gasteiger partial charge < -0.3 is 9.47 Å². The maximum Gasteiger partial charge on any atom is 0.221 e. The Hall–Kier alpha value is -0.940. The molecule has 1 N–H and O–H groups in total. The highest BCUT2D eigenvalue weighted by Crippen LogP contribution is 2.18. The Balaban J connectivity index is 2.15. The molecule has 0 atom stereocenters. The lowest BCUT2D eigenvalue weighted by Crippen LogP contribution is -2.00. The number of H-pyrrole nitrogens is 1. The van der Waals surface area contributed by atoms with E-state index in [1.165, 1.54) is 0 Å². The van der Waals surface area contributed by atoms with Gasteiger partial charge in [0.2, 0.25) is 12.1 Å². The first-order valence-corrected chi connectivity index (χ1v) is 3.48. The van der Waals surface area contributed by atoms with Crippen molar-refractivity contribution in [2.24, 2.45) is 0 Å². The van der Waals surface area contributed by atoms with Gasteiger partial charge in [-0.05, 0) is 6.92 Å². The fraction of sp³-hybridized carbons (Fsp3) is 0.667. The summed E-state index contributed by atoms with van der Waals surface area (Å²) in [5.41, 5.74) is 0. The van der Waals surface area contributed by atoms with Gasteiger partial charge in [0.25, 0.3) is 0 Å². The van der Waals surface area contributed by atoms with Gasteiger partial charge in [-0.25, -0.2) is 4.98 Å². The zero-order valence-corrected chi connectivity index (χ0v) is 6.20. The number of nitrogens with zero attached hydrogens (tertiary/aromatic N) is 2. The predicted molar refractivity (Wildman–Crippen MR) is 35.8 cm³/mol. The van der Waals surface area contributed by atoms with Crippen LogP contribution in [0.5, 0.6) is 0 Å². The molecule has 60 valence electrons. The minimum Gasteiger partial charge on any atom is -0.343 e. The van der Waals surface area contributed by atoms with Crippen molar-refractivity contribution >= 4 is 0 Å². The van der Waals surface area contributed by atoms with E-state index in [0.717, 1.165) is 5.82 Å². The Morgan fingerprint density at radius 3 is 2.73 bits per heavy atom. The second-order valence-corrected chi connectivity index (χ2v) is 2.35. The average molecular weight is 155 g/mol. The molecule has 0 aliphatic carbocycles. The quantitative estimate of drug-likeness (QED) is 0.627. The third-order valence-electron chi connectivity index (χ3n) is 1.45. The van der Waals surface area contributed by atoms with Gasteiger partial charge in [-0.15, -0.1) is 0 Å². The average Bonchev–Trinajstić information content (AvgIpc) is 2.55. The van der Waals surface area contributed by atoms with Crippen molar-refractivity contribution in [1.82, 2.24) is 15.2 Å². The second-order valence-electron chi connectivity index (χ2n) is 2.35. The summed E-state index contributed by atoms with van der Waals surface area (Å²) in [5, 5.41) is 6.64. The highest BCUT2D eigenvalue weighted by atomic mass is 16.7. The van der Waals surface area contributed by atoms with E-state index in [4.69, 9.17) is 9.47 Å². The molecule has 1 fully saturated rings. The zero-order valence-electron chi connectivity index (χ0n) is 6.20. The molecule has 1 aromatic heterocycles. The van der Waals surface area contributed by atoms with E-state index < -0.39 is 0 Å². The standard InChI is InChI=1S/C6H9N3O2/c1-4-7-5(9-8-4)6-10-2-3-11-6/h6H,2-3H2,1H3,(H,7,8,9). The van der Waals surface area contributed by atoms with E-state index in [2.05, 4.69) is 15.2 Å². The van der Waals surface area contributed by atoms with Crippen LogP contribution in [0.1, 0.15) is 17.9 Å². The maximum atomic E-state index is 5.19. The molecule has 2 rings (SSSR count). The summed E-state index contributed by atoms with van der Waals surface area (Å²) >= 11 is 0. The van der Waals surface area contributed by atoms with Gasteiger partial charge in [0, 0.05) is 0 Å². The van der Waals surface area contributed by atoms with Crippen molar-refractivity contribution in [3.8, 4) is 0 Å². The van der Waals surface area contributed by atoms with Gasteiger partial charge in [-0.3, -0.25) is 5.10 Å². The van der Waals surface area contributed by atoms with E-state index >= 15 is 0 Å². The van der Waals surface area contributed by atoms with Gasteiger partial charge in [0.05, 0.1) is 13.2 Å². The van der Waals surface area contributed by atoms with Crippen molar-refractivity contribution in [1.29, 1.82) is 0 Å². The molecule has 0 aromatic carbocycles. The Morgan fingerprint density at radius 2 is 2.18 bits per heavy atom. The summed E-state index contributed by atoms with van der Waals surface area (Å²) in [6.45, 7) is 3.09. The van der Waals surface area contributed by atoms with Crippen LogP contribution in [-0.2, 0) is 9.47 Å². The Morgan fingerprint density at radius 1 is 1.45 bits per heavy atom. The Bertz CT molecular complexity index is 242. The normalized spacial score (nSPS) is 19.4. The molecule has 5 nitrogen and oxygen atoms in total. The van der Waals surface area contributed by atoms with Crippen LogP contribution in [0.25, 0.3) is 0 Å². The molecule has 11 heavy (non-hydrogen) atoms. The third kappa shape index (κ3) is 1.24. The first-order valence-electron chi connectivity index (χ1n) is 3.48. The van der Waals surface area contributed by atoms with Crippen LogP contribution in [0.4, 0.5) is 0 Å². The highest BCUT2D eigenvalue weighted by molar-refractivity contribution is 4.90. The first-order chi connectivity index (χ1) is 5.36. The van der Waals surface area contributed by atoms with E-state index in [9.17, 15) is 0 Å². The largest absolute Gasteiger partial charge is 0.343 e. The van der Waals surface area contributed by atoms with Gasteiger partial charge in [0.15, 0.2) is 0 Å². The van der Waals surface area contributed by atoms with Crippen LogP contribution in [0.15, 0.2) is 0 Å². The van der Waals surface area contributed by atoms with Crippen LogP contribution >= 0.6 is 0 Å². The van der Waals surface area contributed by atoms with E-state index in [0.29, 0.717) is 19.0 Å². The fourth-order valence-electron chi connectivity index (χ4n) is 0.973. The molecule has 0 amide bonds. The van der Waals surface area contributed by atoms with Crippen molar-refractivity contribution in [2.45, 2.75) is 13.2 Å². The topological polar surface area (TPSA) is 60.0 Å². The molecule has 2 heterocycles. The van der Waals surface area contributed by atoms with Gasteiger partial charge in [0.1, 0.15) is 5.82 Å². The van der Waals surface area contributed by atoms with Crippen molar-refractivity contribution in [2.75, 3.05) is 13.2 Å². The molecule has 0 spiro atoms. The van der Waals surface area contributed by atoms with Crippen LogP contribution in [0.3, 0.4) is 0 Å². The lowest BCUT2D eigenvalue weighted by molar-refractivity contribution is -0.0504. The lowest BCUT2D eigenvalue weighted by atomic mass is 10.6. The van der Waals surface area contributed by atoms with Crippen molar-refractivity contribution in [3.05, 3.63) is 11.6 Å². The lowest BCUT2D eigenvalue weighted by Gasteiger charge is -2.01. The number of rotatable bonds is 1. The third-order valence-corrected chi connectivity index (χ3v) is 1.45. The number of hydrogen-bond donors (Lipinski definition) is 1. The smallest absolute Gasteiger partial charge is 0.221 e. The first kappa shape index (κ1) is 6.75. The van der Waals surface area contributed by atoms with Crippen LogP contribution < -0.4 is 0 Å². The molecule has 0 saturated carbocycles. The molecule has 0 radical (unpaired) electrons. The summed E-state index contributed by atoms with van der Waals surface area (Å²) in [6.07, 6.45) is -0.361. The second kappa shape index (κ2) is 2.60. The highest BCUT2D eigenvalue weighted by Gasteiger charge is 2.21. The van der Waals surface area contributed by atoms with Crippen LogP contribution in [0, 0.1) is 6.92 Å². The summed E-state index contributed by atoms with van der Waals surface area (Å²) in [4.78, 5) is 4.08. The molecule has 1 aliphatic heterocycles. The van der Waals surface area contributed by atoms with Gasteiger partial charge in [-0.1, -0.05) is 0 Å². The van der Waals surface area contributed by atoms with E-state index in [1.807, 2.05) is 6.92 Å². The zero-order chi connectivity index (χ0) is 7.68. The summed E-state index contributed by atoms with van der Waals surface area (Å²) in [5.74, 6) is 1.36. The van der Waals surface area contributed by atoms with Gasteiger partial charge in [-0.2, -0.15) is 5.10 Å². The number of ether oxygens (including phenoxy) is 2. The fourth-order valence-corrected chi connectivity index (χ4v) is 0.973.